The lowest BCUT2D eigenvalue weighted by atomic mass is 9.92. The second kappa shape index (κ2) is 7.99. The molecule has 114 valence electrons. The first-order valence-corrected chi connectivity index (χ1v) is 7.77. The van der Waals surface area contributed by atoms with Gasteiger partial charge in [0.2, 0.25) is 0 Å². The van der Waals surface area contributed by atoms with E-state index >= 15 is 0 Å². The van der Waals surface area contributed by atoms with Crippen LogP contribution in [0.15, 0.2) is 42.5 Å². The minimum absolute atomic E-state index is 0.236. The summed E-state index contributed by atoms with van der Waals surface area (Å²) in [6.07, 6.45) is 8.37. The van der Waals surface area contributed by atoms with E-state index in [-0.39, 0.29) is 12.3 Å². The van der Waals surface area contributed by atoms with Gasteiger partial charge in [0.25, 0.3) is 0 Å². The summed E-state index contributed by atoms with van der Waals surface area (Å²) in [5.74, 6) is -0.169. The molecule has 1 aromatic rings. The van der Waals surface area contributed by atoms with Crippen molar-refractivity contribution in [2.24, 2.45) is 11.8 Å². The molecule has 0 bridgehead atoms. The lowest BCUT2D eigenvalue weighted by Crippen LogP contribution is -2.12. The normalized spacial score (nSPS) is 23.5. The monoisotopic (exact) mass is 288 g/mol. The van der Waals surface area contributed by atoms with Crippen LogP contribution in [0.3, 0.4) is 0 Å². The first-order chi connectivity index (χ1) is 10.1. The lowest BCUT2D eigenvalue weighted by molar-refractivity contribution is -0.138. The van der Waals surface area contributed by atoms with Gasteiger partial charge < -0.3 is 10.2 Å². The van der Waals surface area contributed by atoms with E-state index in [0.717, 1.165) is 25.7 Å². The predicted molar refractivity (Wildman–Crippen MR) is 83.0 cm³/mol. The molecule has 3 atom stereocenters. The molecule has 0 amide bonds. The Labute approximate surface area is 126 Å². The molecule has 1 fully saturated rings. The average molecular weight is 288 g/mol. The minimum atomic E-state index is -0.718. The van der Waals surface area contributed by atoms with E-state index < -0.39 is 12.1 Å². The van der Waals surface area contributed by atoms with E-state index in [1.54, 1.807) is 0 Å². The van der Waals surface area contributed by atoms with Gasteiger partial charge in [-0.3, -0.25) is 4.79 Å². The molecule has 3 heteroatoms. The highest BCUT2D eigenvalue weighted by molar-refractivity contribution is 5.67. The van der Waals surface area contributed by atoms with Crippen molar-refractivity contribution in [1.29, 1.82) is 0 Å². The van der Waals surface area contributed by atoms with Gasteiger partial charge in [-0.15, -0.1) is 0 Å². The Hall–Kier alpha value is -1.61. The summed E-state index contributed by atoms with van der Waals surface area (Å²) in [6, 6.07) is 10.1. The van der Waals surface area contributed by atoms with Gasteiger partial charge in [0.15, 0.2) is 0 Å². The summed E-state index contributed by atoms with van der Waals surface area (Å²) in [4.78, 5) is 10.8. The Morgan fingerprint density at radius 3 is 2.76 bits per heavy atom. The third kappa shape index (κ3) is 5.35. The maximum atomic E-state index is 10.8. The van der Waals surface area contributed by atoms with Crippen molar-refractivity contribution in [3.8, 4) is 0 Å². The van der Waals surface area contributed by atoms with Crippen LogP contribution in [0.5, 0.6) is 0 Å². The molecule has 2 rings (SSSR count). The molecule has 0 heterocycles. The van der Waals surface area contributed by atoms with Gasteiger partial charge in [-0.1, -0.05) is 48.9 Å². The largest absolute Gasteiger partial charge is 0.481 e. The van der Waals surface area contributed by atoms with Gasteiger partial charge in [0, 0.05) is 6.42 Å². The van der Waals surface area contributed by atoms with Crippen LogP contribution >= 0.6 is 0 Å². The summed E-state index contributed by atoms with van der Waals surface area (Å²) in [5, 5.41) is 18.9. The smallest absolute Gasteiger partial charge is 0.303 e. The zero-order valence-electron chi connectivity index (χ0n) is 12.3. The number of hydrogen-bond donors (Lipinski definition) is 2. The molecule has 1 saturated carbocycles. The topological polar surface area (TPSA) is 57.5 Å². The highest BCUT2D eigenvalue weighted by atomic mass is 16.4. The number of carbonyl (C=O) groups is 1. The Morgan fingerprint density at radius 2 is 2.05 bits per heavy atom. The van der Waals surface area contributed by atoms with E-state index in [9.17, 15) is 9.90 Å². The second-order valence-corrected chi connectivity index (χ2v) is 5.93. The Morgan fingerprint density at radius 1 is 1.29 bits per heavy atom. The summed E-state index contributed by atoms with van der Waals surface area (Å²) >= 11 is 0. The Balaban J connectivity index is 1.78. The van der Waals surface area contributed by atoms with Gasteiger partial charge >= 0.3 is 5.97 Å². The maximum absolute atomic E-state index is 10.8. The summed E-state index contributed by atoms with van der Waals surface area (Å²) in [6.45, 7) is 0. The van der Waals surface area contributed by atoms with Crippen LogP contribution in [0.2, 0.25) is 0 Å². The first-order valence-electron chi connectivity index (χ1n) is 7.77. The van der Waals surface area contributed by atoms with E-state index in [2.05, 4.69) is 12.1 Å². The zero-order valence-corrected chi connectivity index (χ0v) is 12.3. The quantitative estimate of drug-likeness (QED) is 0.756. The van der Waals surface area contributed by atoms with E-state index in [1.807, 2.05) is 30.4 Å². The van der Waals surface area contributed by atoms with Crippen molar-refractivity contribution in [3.05, 3.63) is 48.0 Å². The Kier molecular flexibility index (Phi) is 6.00. The van der Waals surface area contributed by atoms with Gasteiger partial charge in [0.1, 0.15) is 0 Å². The van der Waals surface area contributed by atoms with Crippen molar-refractivity contribution in [2.75, 3.05) is 0 Å². The van der Waals surface area contributed by atoms with E-state index in [1.165, 1.54) is 5.56 Å². The van der Waals surface area contributed by atoms with Crippen molar-refractivity contribution in [3.63, 3.8) is 0 Å². The van der Waals surface area contributed by atoms with Crippen molar-refractivity contribution < 1.29 is 15.0 Å². The number of allylic oxidation sites excluding steroid dienone is 1. The van der Waals surface area contributed by atoms with E-state index in [0.29, 0.717) is 12.3 Å². The number of carboxylic acid groups (broad SMARTS) is 1. The molecule has 2 N–H and O–H groups in total. The fraction of sp³-hybridized carbons (Fsp3) is 0.500. The fourth-order valence-electron chi connectivity index (χ4n) is 3.12. The number of aliphatic hydroxyl groups is 1. The summed E-state index contributed by atoms with van der Waals surface area (Å²) in [5.41, 5.74) is 1.23. The summed E-state index contributed by atoms with van der Waals surface area (Å²) in [7, 11) is 0. The molecule has 1 aromatic carbocycles. The van der Waals surface area contributed by atoms with Crippen LogP contribution in [0.25, 0.3) is 0 Å². The fourth-order valence-corrected chi connectivity index (χ4v) is 3.12. The number of rotatable bonds is 7. The minimum Gasteiger partial charge on any atom is -0.481 e. The third-order valence-corrected chi connectivity index (χ3v) is 4.31. The number of benzene rings is 1. The molecule has 1 aliphatic carbocycles. The van der Waals surface area contributed by atoms with Gasteiger partial charge in [-0.05, 0) is 43.1 Å². The number of hydrogen-bond acceptors (Lipinski definition) is 2. The predicted octanol–water partition coefficient (Wildman–Crippen LogP) is 3.43. The van der Waals surface area contributed by atoms with Crippen LogP contribution in [0.1, 0.15) is 37.7 Å². The third-order valence-electron chi connectivity index (χ3n) is 4.31. The van der Waals surface area contributed by atoms with Crippen molar-refractivity contribution in [2.45, 2.75) is 44.6 Å². The molecule has 0 spiro atoms. The number of aryl methyl sites for hydroxylation is 1. The highest BCUT2D eigenvalue weighted by Crippen LogP contribution is 2.35. The van der Waals surface area contributed by atoms with Gasteiger partial charge in [-0.2, -0.15) is 0 Å². The number of aliphatic hydroxyl groups excluding tert-OH is 1. The molecule has 0 aromatic heterocycles. The molecule has 3 nitrogen and oxygen atoms in total. The highest BCUT2D eigenvalue weighted by Gasteiger charge is 2.27. The number of carboxylic acids is 1. The first kappa shape index (κ1) is 15.8. The molecular weight excluding hydrogens is 264 g/mol. The van der Waals surface area contributed by atoms with Gasteiger partial charge in [-0.25, -0.2) is 0 Å². The molecule has 0 aliphatic heterocycles. The van der Waals surface area contributed by atoms with Gasteiger partial charge in [0.05, 0.1) is 6.10 Å². The van der Waals surface area contributed by atoms with Crippen LogP contribution in [-0.2, 0) is 11.2 Å². The molecule has 1 aliphatic rings. The van der Waals surface area contributed by atoms with Crippen LogP contribution in [0.4, 0.5) is 0 Å². The molecule has 0 radical (unpaired) electrons. The average Bonchev–Trinajstić information content (AvgIpc) is 2.90. The number of aliphatic carboxylic acids is 1. The maximum Gasteiger partial charge on any atom is 0.303 e. The molecule has 21 heavy (non-hydrogen) atoms. The summed E-state index contributed by atoms with van der Waals surface area (Å²) < 4.78 is 0. The molecule has 2 unspecified atom stereocenters. The van der Waals surface area contributed by atoms with Crippen LogP contribution in [0, 0.1) is 11.8 Å². The molecule has 0 saturated heterocycles. The Bertz CT molecular complexity index is 467. The van der Waals surface area contributed by atoms with Crippen LogP contribution < -0.4 is 0 Å². The SMILES string of the molecule is O=C(O)C[C@H]1CCCC1/C=C/C(O)CCc1ccccc1. The lowest BCUT2D eigenvalue weighted by Gasteiger charge is -2.14. The second-order valence-electron chi connectivity index (χ2n) is 5.93. The van der Waals surface area contributed by atoms with Crippen molar-refractivity contribution in [1.82, 2.24) is 0 Å². The van der Waals surface area contributed by atoms with E-state index in [4.69, 9.17) is 5.11 Å². The van der Waals surface area contributed by atoms with Crippen LogP contribution in [-0.4, -0.2) is 22.3 Å². The van der Waals surface area contributed by atoms with Crippen molar-refractivity contribution >= 4 is 5.97 Å². The zero-order chi connectivity index (χ0) is 15.1. The standard InChI is InChI=1S/C18H24O3/c19-17(11-9-14-5-2-1-3-6-14)12-10-15-7-4-8-16(15)13-18(20)21/h1-3,5-6,10,12,15-17,19H,4,7-9,11,13H2,(H,20,21)/b12-10+/t15?,16-,17?/m1/s1. The molecular formula is C18H24O3.